The van der Waals surface area contributed by atoms with Crippen molar-refractivity contribution in [3.05, 3.63) is 92.6 Å². The van der Waals surface area contributed by atoms with E-state index in [1.807, 2.05) is 19.1 Å². The third-order valence-corrected chi connectivity index (χ3v) is 5.60. The molecular formula is C24H17IN2O5. The van der Waals surface area contributed by atoms with Gasteiger partial charge in [0, 0.05) is 9.26 Å². The van der Waals surface area contributed by atoms with Crippen LogP contribution in [0, 0.1) is 10.5 Å². The van der Waals surface area contributed by atoms with E-state index < -0.39 is 30.3 Å². The second-order valence-electron chi connectivity index (χ2n) is 7.13. The molecule has 32 heavy (non-hydrogen) atoms. The Morgan fingerprint density at radius 3 is 2.28 bits per heavy atom. The predicted molar refractivity (Wildman–Crippen MR) is 127 cm³/mol. The molecule has 0 atom stereocenters. The highest BCUT2D eigenvalue weighted by Crippen LogP contribution is 2.28. The number of aryl methyl sites for hydroxylation is 1. The Labute approximate surface area is 197 Å². The van der Waals surface area contributed by atoms with E-state index in [9.17, 15) is 19.2 Å². The summed E-state index contributed by atoms with van der Waals surface area (Å²) in [6, 6.07) is 18.1. The lowest BCUT2D eigenvalue weighted by Crippen LogP contribution is -2.29. The van der Waals surface area contributed by atoms with Gasteiger partial charge in [0.2, 0.25) is 0 Å². The van der Waals surface area contributed by atoms with Gasteiger partial charge in [-0.2, -0.15) is 0 Å². The Balaban J connectivity index is 1.43. The van der Waals surface area contributed by atoms with Gasteiger partial charge >= 0.3 is 5.97 Å². The molecular weight excluding hydrogens is 523 g/mol. The van der Waals surface area contributed by atoms with Gasteiger partial charge in [-0.15, -0.1) is 0 Å². The van der Waals surface area contributed by atoms with Gasteiger partial charge in [0.1, 0.15) is 0 Å². The van der Waals surface area contributed by atoms with Crippen LogP contribution in [0.5, 0.6) is 0 Å². The first kappa shape index (κ1) is 21.7. The molecule has 8 heteroatoms. The fraction of sp³-hybridized carbons (Fsp3) is 0.0833. The van der Waals surface area contributed by atoms with E-state index in [1.165, 1.54) is 12.1 Å². The van der Waals surface area contributed by atoms with Crippen molar-refractivity contribution in [2.75, 3.05) is 16.8 Å². The molecule has 1 N–H and O–H groups in total. The van der Waals surface area contributed by atoms with Crippen LogP contribution in [-0.2, 0) is 9.53 Å². The maximum Gasteiger partial charge on any atom is 0.338 e. The van der Waals surface area contributed by atoms with Crippen LogP contribution in [0.4, 0.5) is 11.4 Å². The van der Waals surface area contributed by atoms with Gasteiger partial charge in [0.05, 0.1) is 22.4 Å². The molecule has 0 aliphatic carbocycles. The van der Waals surface area contributed by atoms with Gasteiger partial charge in [-0.25, -0.2) is 9.69 Å². The third kappa shape index (κ3) is 4.26. The zero-order chi connectivity index (χ0) is 22.8. The molecule has 0 unspecified atom stereocenters. The monoisotopic (exact) mass is 540 g/mol. The lowest BCUT2D eigenvalue weighted by molar-refractivity contribution is -0.119. The lowest BCUT2D eigenvalue weighted by atomic mass is 10.1. The van der Waals surface area contributed by atoms with Crippen LogP contribution in [0.3, 0.4) is 0 Å². The number of hydrogen-bond acceptors (Lipinski definition) is 5. The smallest absolute Gasteiger partial charge is 0.338 e. The van der Waals surface area contributed by atoms with Crippen molar-refractivity contribution in [2.45, 2.75) is 6.92 Å². The normalized spacial score (nSPS) is 12.5. The van der Waals surface area contributed by atoms with Crippen molar-refractivity contribution in [2.24, 2.45) is 0 Å². The van der Waals surface area contributed by atoms with Crippen molar-refractivity contribution in [1.82, 2.24) is 0 Å². The molecule has 0 spiro atoms. The number of imide groups is 1. The molecule has 1 heterocycles. The largest absolute Gasteiger partial charge is 0.452 e. The highest BCUT2D eigenvalue weighted by atomic mass is 127. The third-order valence-electron chi connectivity index (χ3n) is 4.93. The van der Waals surface area contributed by atoms with Crippen LogP contribution in [0.15, 0.2) is 66.7 Å². The standard InChI is InChI=1S/C24H17IN2O5/c1-14-11-16(25)9-10-20(14)26-21(28)13-32-24(31)15-5-4-6-17(12-15)27-22(29)18-7-2-3-8-19(18)23(27)30/h2-12H,13H2,1H3,(H,26,28). The highest BCUT2D eigenvalue weighted by molar-refractivity contribution is 14.1. The number of fused-ring (bicyclic) bond motifs is 1. The first-order valence-corrected chi connectivity index (χ1v) is 10.7. The fourth-order valence-electron chi connectivity index (χ4n) is 3.36. The van der Waals surface area contributed by atoms with Gasteiger partial charge in [0.15, 0.2) is 6.61 Å². The summed E-state index contributed by atoms with van der Waals surface area (Å²) in [5, 5.41) is 2.71. The van der Waals surface area contributed by atoms with Crippen LogP contribution in [0.25, 0.3) is 0 Å². The summed E-state index contributed by atoms with van der Waals surface area (Å²) in [6.45, 7) is 1.40. The molecule has 0 aromatic heterocycles. The molecule has 1 aliphatic rings. The Morgan fingerprint density at radius 1 is 0.938 bits per heavy atom. The first-order chi connectivity index (χ1) is 15.3. The number of halogens is 1. The van der Waals surface area contributed by atoms with Crippen molar-refractivity contribution in [1.29, 1.82) is 0 Å². The van der Waals surface area contributed by atoms with E-state index in [0.717, 1.165) is 14.0 Å². The number of nitrogens with one attached hydrogen (secondary N) is 1. The Hall–Kier alpha value is -3.53. The van der Waals surface area contributed by atoms with Gasteiger partial charge in [-0.3, -0.25) is 14.4 Å². The number of ether oxygens (including phenoxy) is 1. The number of esters is 1. The molecule has 0 saturated heterocycles. The second kappa shape index (κ2) is 8.91. The highest BCUT2D eigenvalue weighted by Gasteiger charge is 2.36. The molecule has 7 nitrogen and oxygen atoms in total. The Kier molecular flexibility index (Phi) is 6.04. The summed E-state index contributed by atoms with van der Waals surface area (Å²) in [5.41, 5.74) is 2.53. The number of anilines is 2. The molecule has 3 amide bonds. The van der Waals surface area contributed by atoms with Crippen molar-refractivity contribution < 1.29 is 23.9 Å². The maximum absolute atomic E-state index is 12.7. The lowest BCUT2D eigenvalue weighted by Gasteiger charge is -2.15. The molecule has 1 aliphatic heterocycles. The van der Waals surface area contributed by atoms with Crippen molar-refractivity contribution in [3.8, 4) is 0 Å². The summed E-state index contributed by atoms with van der Waals surface area (Å²) in [4.78, 5) is 51.0. The van der Waals surface area contributed by atoms with Gasteiger partial charge in [-0.1, -0.05) is 18.2 Å². The van der Waals surface area contributed by atoms with Crippen molar-refractivity contribution >= 4 is 57.7 Å². The van der Waals surface area contributed by atoms with E-state index in [2.05, 4.69) is 27.9 Å². The van der Waals surface area contributed by atoms with Crippen LogP contribution in [0.2, 0.25) is 0 Å². The zero-order valence-electron chi connectivity index (χ0n) is 16.9. The number of carbonyl (C=O) groups excluding carboxylic acids is 4. The number of benzene rings is 3. The van der Waals surface area contributed by atoms with E-state index in [0.29, 0.717) is 16.8 Å². The summed E-state index contributed by atoms with van der Waals surface area (Å²) in [7, 11) is 0. The summed E-state index contributed by atoms with van der Waals surface area (Å²) in [5.74, 6) is -2.12. The quantitative estimate of drug-likeness (QED) is 0.298. The average molecular weight is 540 g/mol. The minimum atomic E-state index is -0.738. The summed E-state index contributed by atoms with van der Waals surface area (Å²) in [6.07, 6.45) is 0. The molecule has 0 radical (unpaired) electrons. The number of rotatable bonds is 5. The molecule has 0 saturated carbocycles. The topological polar surface area (TPSA) is 92.8 Å². The van der Waals surface area contributed by atoms with E-state index in [4.69, 9.17) is 4.74 Å². The van der Waals surface area contributed by atoms with Gasteiger partial charge in [0.25, 0.3) is 17.7 Å². The number of carbonyl (C=O) groups is 4. The fourth-order valence-corrected chi connectivity index (χ4v) is 4.01. The van der Waals surface area contributed by atoms with E-state index in [1.54, 1.807) is 42.5 Å². The SMILES string of the molecule is Cc1cc(I)ccc1NC(=O)COC(=O)c1cccc(N2C(=O)c3ccccc3C2=O)c1. The minimum Gasteiger partial charge on any atom is -0.452 e. The minimum absolute atomic E-state index is 0.123. The summed E-state index contributed by atoms with van der Waals surface area (Å²) >= 11 is 2.18. The van der Waals surface area contributed by atoms with E-state index in [-0.39, 0.29) is 11.3 Å². The number of amides is 3. The van der Waals surface area contributed by atoms with Crippen molar-refractivity contribution in [3.63, 3.8) is 0 Å². The van der Waals surface area contributed by atoms with Crippen LogP contribution < -0.4 is 10.2 Å². The Bertz CT molecular complexity index is 1240. The van der Waals surface area contributed by atoms with Crippen LogP contribution in [-0.4, -0.2) is 30.3 Å². The Morgan fingerprint density at radius 2 is 1.62 bits per heavy atom. The van der Waals surface area contributed by atoms with Crippen LogP contribution >= 0.6 is 22.6 Å². The number of hydrogen-bond donors (Lipinski definition) is 1. The van der Waals surface area contributed by atoms with Gasteiger partial charge in [-0.05, 0) is 83.6 Å². The molecule has 0 bridgehead atoms. The molecule has 3 aromatic carbocycles. The molecule has 160 valence electrons. The second-order valence-corrected chi connectivity index (χ2v) is 8.37. The van der Waals surface area contributed by atoms with E-state index >= 15 is 0 Å². The summed E-state index contributed by atoms with van der Waals surface area (Å²) < 4.78 is 6.16. The maximum atomic E-state index is 12.7. The predicted octanol–water partition coefficient (Wildman–Crippen LogP) is 4.20. The van der Waals surface area contributed by atoms with Gasteiger partial charge < -0.3 is 10.1 Å². The molecule has 4 rings (SSSR count). The molecule has 0 fully saturated rings. The first-order valence-electron chi connectivity index (χ1n) is 9.66. The number of nitrogens with zero attached hydrogens (tertiary/aromatic N) is 1. The molecule has 3 aromatic rings. The zero-order valence-corrected chi connectivity index (χ0v) is 19.1. The van der Waals surface area contributed by atoms with Crippen LogP contribution in [0.1, 0.15) is 36.6 Å². The average Bonchev–Trinajstić information content (AvgIpc) is 3.04.